The SMILES string of the molecule is CCn1c(CNC(=O)c2cnn(-c3ccc(Cl)cc3)c2C(C)C)n[nH]c1=S. The fourth-order valence-electron chi connectivity index (χ4n) is 2.94. The van der Waals surface area contributed by atoms with E-state index in [1.807, 2.05) is 37.5 Å². The first-order valence-electron chi connectivity index (χ1n) is 8.68. The first-order chi connectivity index (χ1) is 12.9. The van der Waals surface area contributed by atoms with Crippen molar-refractivity contribution in [2.75, 3.05) is 0 Å². The zero-order chi connectivity index (χ0) is 19.6. The molecule has 0 bridgehead atoms. The number of carbonyl (C=O) groups excluding carboxylic acids is 1. The van der Waals surface area contributed by atoms with E-state index >= 15 is 0 Å². The Kier molecular flexibility index (Phi) is 5.76. The minimum atomic E-state index is -0.199. The molecular weight excluding hydrogens is 384 g/mol. The summed E-state index contributed by atoms with van der Waals surface area (Å²) in [7, 11) is 0. The Morgan fingerprint density at radius 2 is 2.04 bits per heavy atom. The van der Waals surface area contributed by atoms with Crippen LogP contribution in [0.4, 0.5) is 0 Å². The molecule has 2 heterocycles. The molecule has 0 radical (unpaired) electrons. The van der Waals surface area contributed by atoms with Crippen molar-refractivity contribution in [3.05, 3.63) is 57.3 Å². The normalized spacial score (nSPS) is 11.1. The van der Waals surface area contributed by atoms with Crippen molar-refractivity contribution in [1.29, 1.82) is 0 Å². The molecule has 2 N–H and O–H groups in total. The first kappa shape index (κ1) is 19.3. The molecule has 0 saturated heterocycles. The maximum absolute atomic E-state index is 12.8. The van der Waals surface area contributed by atoms with Gasteiger partial charge in [-0.2, -0.15) is 10.2 Å². The molecular formula is C18H21ClN6OS. The van der Waals surface area contributed by atoms with Gasteiger partial charge >= 0.3 is 0 Å². The van der Waals surface area contributed by atoms with Crippen molar-refractivity contribution >= 4 is 29.7 Å². The van der Waals surface area contributed by atoms with Gasteiger partial charge in [0.05, 0.1) is 29.7 Å². The van der Waals surface area contributed by atoms with Crippen LogP contribution in [0.15, 0.2) is 30.5 Å². The quantitative estimate of drug-likeness (QED) is 0.611. The highest BCUT2D eigenvalue weighted by Crippen LogP contribution is 2.24. The van der Waals surface area contributed by atoms with Crippen LogP contribution in [0.25, 0.3) is 5.69 Å². The molecule has 0 aliphatic carbocycles. The van der Waals surface area contributed by atoms with Crippen LogP contribution in [0.3, 0.4) is 0 Å². The summed E-state index contributed by atoms with van der Waals surface area (Å²) in [5.41, 5.74) is 2.23. The molecule has 2 aromatic heterocycles. The summed E-state index contributed by atoms with van der Waals surface area (Å²) >= 11 is 11.1. The Morgan fingerprint density at radius 1 is 1.33 bits per heavy atom. The lowest BCUT2D eigenvalue weighted by Gasteiger charge is -2.13. The van der Waals surface area contributed by atoms with Crippen molar-refractivity contribution in [2.24, 2.45) is 0 Å². The van der Waals surface area contributed by atoms with Crippen LogP contribution in [0, 0.1) is 4.77 Å². The standard InChI is InChI=1S/C18H21ClN6OS/c1-4-24-15(22-23-18(24)27)10-20-17(26)14-9-21-25(16(14)11(2)3)13-7-5-12(19)6-8-13/h5-9,11H,4,10H2,1-3H3,(H,20,26)(H,23,27). The van der Waals surface area contributed by atoms with Crippen LogP contribution in [0.1, 0.15) is 48.6 Å². The van der Waals surface area contributed by atoms with Gasteiger partial charge in [0.15, 0.2) is 10.6 Å². The second-order valence-corrected chi connectivity index (χ2v) is 7.18. The number of rotatable bonds is 6. The largest absolute Gasteiger partial charge is 0.345 e. The predicted molar refractivity (Wildman–Crippen MR) is 107 cm³/mol. The smallest absolute Gasteiger partial charge is 0.255 e. The Labute approximate surface area is 167 Å². The summed E-state index contributed by atoms with van der Waals surface area (Å²) in [5.74, 6) is 0.594. The van der Waals surface area contributed by atoms with Gasteiger partial charge in [-0.05, 0) is 49.3 Å². The van der Waals surface area contributed by atoms with Crippen LogP contribution < -0.4 is 5.32 Å². The number of hydrogen-bond donors (Lipinski definition) is 2. The highest BCUT2D eigenvalue weighted by Gasteiger charge is 2.21. The van der Waals surface area contributed by atoms with Gasteiger partial charge in [-0.1, -0.05) is 25.4 Å². The molecule has 0 atom stereocenters. The van der Waals surface area contributed by atoms with Crippen molar-refractivity contribution < 1.29 is 4.79 Å². The Morgan fingerprint density at radius 3 is 2.67 bits per heavy atom. The summed E-state index contributed by atoms with van der Waals surface area (Å²) < 4.78 is 4.16. The van der Waals surface area contributed by atoms with Crippen LogP contribution in [0.5, 0.6) is 0 Å². The van der Waals surface area contributed by atoms with E-state index in [9.17, 15) is 4.79 Å². The number of benzene rings is 1. The van der Waals surface area contributed by atoms with Crippen LogP contribution in [-0.2, 0) is 13.1 Å². The van der Waals surface area contributed by atoms with Gasteiger partial charge in [0.1, 0.15) is 0 Å². The van der Waals surface area contributed by atoms with E-state index < -0.39 is 0 Å². The van der Waals surface area contributed by atoms with E-state index in [-0.39, 0.29) is 18.4 Å². The van der Waals surface area contributed by atoms with Crippen molar-refractivity contribution in [2.45, 2.75) is 39.8 Å². The Hall–Kier alpha value is -2.45. The number of H-pyrrole nitrogens is 1. The average molecular weight is 405 g/mol. The van der Waals surface area contributed by atoms with Gasteiger partial charge in [0, 0.05) is 11.6 Å². The highest BCUT2D eigenvalue weighted by molar-refractivity contribution is 7.71. The number of hydrogen-bond acceptors (Lipinski definition) is 4. The minimum Gasteiger partial charge on any atom is -0.345 e. The summed E-state index contributed by atoms with van der Waals surface area (Å²) in [6, 6.07) is 7.36. The molecule has 9 heteroatoms. The molecule has 27 heavy (non-hydrogen) atoms. The molecule has 0 unspecified atom stereocenters. The van der Waals surface area contributed by atoms with E-state index in [0.717, 1.165) is 11.4 Å². The van der Waals surface area contributed by atoms with E-state index in [1.54, 1.807) is 23.0 Å². The summed E-state index contributed by atoms with van der Waals surface area (Å²) in [4.78, 5) is 12.8. The molecule has 3 aromatic rings. The van der Waals surface area contributed by atoms with Crippen LogP contribution >= 0.6 is 23.8 Å². The number of aromatic nitrogens is 5. The maximum atomic E-state index is 12.8. The molecule has 0 aliphatic rings. The van der Waals surface area contributed by atoms with E-state index in [2.05, 4.69) is 20.6 Å². The van der Waals surface area contributed by atoms with Gasteiger partial charge < -0.3 is 9.88 Å². The number of halogens is 1. The number of carbonyl (C=O) groups is 1. The van der Waals surface area contributed by atoms with Gasteiger partial charge in [-0.25, -0.2) is 4.68 Å². The van der Waals surface area contributed by atoms with Crippen molar-refractivity contribution in [3.63, 3.8) is 0 Å². The second-order valence-electron chi connectivity index (χ2n) is 6.36. The van der Waals surface area contributed by atoms with Crippen molar-refractivity contribution in [3.8, 4) is 5.69 Å². The van der Waals surface area contributed by atoms with E-state index in [1.165, 1.54) is 0 Å². The van der Waals surface area contributed by atoms with Crippen LogP contribution in [-0.4, -0.2) is 30.5 Å². The molecule has 0 spiro atoms. The van der Waals surface area contributed by atoms with Crippen molar-refractivity contribution in [1.82, 2.24) is 29.9 Å². The third-order valence-electron chi connectivity index (χ3n) is 4.23. The molecule has 142 valence electrons. The van der Waals surface area contributed by atoms with Gasteiger partial charge in [0.25, 0.3) is 5.91 Å². The maximum Gasteiger partial charge on any atom is 0.255 e. The Bertz CT molecular complexity index is 1000. The van der Waals surface area contributed by atoms with E-state index in [4.69, 9.17) is 23.8 Å². The molecule has 1 amide bonds. The number of aromatic amines is 1. The van der Waals surface area contributed by atoms with E-state index in [0.29, 0.717) is 27.7 Å². The molecule has 7 nitrogen and oxygen atoms in total. The lowest BCUT2D eigenvalue weighted by molar-refractivity contribution is 0.0948. The molecule has 0 fully saturated rings. The van der Waals surface area contributed by atoms with Gasteiger partial charge in [0.2, 0.25) is 0 Å². The fourth-order valence-corrected chi connectivity index (χ4v) is 3.35. The second kappa shape index (κ2) is 8.06. The fraction of sp³-hybridized carbons (Fsp3) is 0.333. The first-order valence-corrected chi connectivity index (χ1v) is 9.47. The predicted octanol–water partition coefficient (Wildman–Crippen LogP) is 3.85. The zero-order valence-corrected chi connectivity index (χ0v) is 16.9. The van der Waals surface area contributed by atoms with Gasteiger partial charge in [-0.15, -0.1) is 0 Å². The molecule has 0 saturated carbocycles. The number of nitrogens with one attached hydrogen (secondary N) is 2. The summed E-state index contributed by atoms with van der Waals surface area (Å²) in [5, 5.41) is 14.9. The average Bonchev–Trinajstić information content (AvgIpc) is 3.24. The number of amides is 1. The van der Waals surface area contributed by atoms with Gasteiger partial charge in [-0.3, -0.25) is 9.89 Å². The lowest BCUT2D eigenvalue weighted by Crippen LogP contribution is -2.26. The highest BCUT2D eigenvalue weighted by atomic mass is 35.5. The van der Waals surface area contributed by atoms with Crippen LogP contribution in [0.2, 0.25) is 5.02 Å². The lowest BCUT2D eigenvalue weighted by atomic mass is 10.1. The molecule has 3 rings (SSSR count). The molecule has 1 aromatic carbocycles. The minimum absolute atomic E-state index is 0.106. The third kappa shape index (κ3) is 3.96. The topological polar surface area (TPSA) is 80.5 Å². The third-order valence-corrected chi connectivity index (χ3v) is 4.79. The number of nitrogens with zero attached hydrogens (tertiary/aromatic N) is 4. The molecule has 0 aliphatic heterocycles. The summed E-state index contributed by atoms with van der Waals surface area (Å²) in [6.45, 7) is 7.00. The zero-order valence-electron chi connectivity index (χ0n) is 15.4. The monoisotopic (exact) mass is 404 g/mol. The Balaban J connectivity index is 1.86. The summed E-state index contributed by atoms with van der Waals surface area (Å²) in [6.07, 6.45) is 1.59.